The zero-order valence-electron chi connectivity index (χ0n) is 15.0. The number of benzene rings is 1. The highest BCUT2D eigenvalue weighted by atomic mass is 32.2. The van der Waals surface area contributed by atoms with E-state index in [-0.39, 0.29) is 10.8 Å². The van der Waals surface area contributed by atoms with Crippen molar-refractivity contribution in [3.8, 4) is 0 Å². The first-order valence-corrected chi connectivity index (χ1v) is 9.89. The number of nitrogens with zero attached hydrogens (tertiary/aromatic N) is 4. The van der Waals surface area contributed by atoms with Gasteiger partial charge in [-0.2, -0.15) is 0 Å². The lowest BCUT2D eigenvalue weighted by molar-refractivity contribution is 0.0991. The van der Waals surface area contributed by atoms with Crippen LogP contribution in [-0.2, 0) is 16.4 Å². The minimum Gasteiger partial charge on any atom is -0.308 e. The first-order chi connectivity index (χ1) is 12.9. The first-order valence-electron chi connectivity index (χ1n) is 8.45. The molecule has 27 heavy (non-hydrogen) atoms. The van der Waals surface area contributed by atoms with Gasteiger partial charge >= 0.3 is 0 Å². The number of pyridine rings is 2. The van der Waals surface area contributed by atoms with Crippen LogP contribution in [0.4, 0.5) is 5.69 Å². The van der Waals surface area contributed by atoms with E-state index in [1.807, 2.05) is 0 Å². The van der Waals surface area contributed by atoms with Crippen LogP contribution in [-0.4, -0.2) is 49.2 Å². The van der Waals surface area contributed by atoms with Gasteiger partial charge in [0.25, 0.3) is 5.91 Å². The molecule has 0 spiro atoms. The number of sulfonamides is 1. The van der Waals surface area contributed by atoms with Gasteiger partial charge in [0.2, 0.25) is 10.0 Å². The van der Waals surface area contributed by atoms with Crippen molar-refractivity contribution in [1.82, 2.24) is 14.3 Å². The molecule has 0 bridgehead atoms. The molecule has 3 aromatic rings. The molecule has 0 unspecified atom stereocenters. The fourth-order valence-corrected chi connectivity index (χ4v) is 4.18. The Bertz CT molecular complexity index is 1150. The summed E-state index contributed by atoms with van der Waals surface area (Å²) in [5, 5.41) is 0.676. The van der Waals surface area contributed by atoms with Gasteiger partial charge in [-0.15, -0.1) is 0 Å². The van der Waals surface area contributed by atoms with Crippen LogP contribution in [0.1, 0.15) is 15.9 Å². The molecule has 7 nitrogen and oxygen atoms in total. The molecule has 3 heterocycles. The summed E-state index contributed by atoms with van der Waals surface area (Å²) in [6, 6.07) is 8.38. The van der Waals surface area contributed by atoms with Crippen LogP contribution in [0.3, 0.4) is 0 Å². The van der Waals surface area contributed by atoms with Crippen molar-refractivity contribution >= 4 is 32.5 Å². The van der Waals surface area contributed by atoms with Gasteiger partial charge in [-0.05, 0) is 36.2 Å². The maximum absolute atomic E-state index is 13.2. The third kappa shape index (κ3) is 2.87. The molecule has 8 heteroatoms. The first kappa shape index (κ1) is 17.6. The second kappa shape index (κ2) is 6.40. The topological polar surface area (TPSA) is 83.5 Å². The summed E-state index contributed by atoms with van der Waals surface area (Å²) in [7, 11) is -0.596. The monoisotopic (exact) mass is 382 g/mol. The molecule has 0 atom stereocenters. The van der Waals surface area contributed by atoms with Crippen molar-refractivity contribution < 1.29 is 13.2 Å². The predicted octanol–water partition coefficient (Wildman–Crippen LogP) is 2.08. The summed E-state index contributed by atoms with van der Waals surface area (Å²) < 4.78 is 26.1. The van der Waals surface area contributed by atoms with E-state index in [0.29, 0.717) is 35.1 Å². The Kier molecular flexibility index (Phi) is 4.16. The average molecular weight is 382 g/mol. The zero-order chi connectivity index (χ0) is 19.2. The number of aromatic nitrogens is 2. The van der Waals surface area contributed by atoms with E-state index < -0.39 is 10.0 Å². The predicted molar refractivity (Wildman–Crippen MR) is 102 cm³/mol. The van der Waals surface area contributed by atoms with Crippen molar-refractivity contribution in [2.45, 2.75) is 11.3 Å². The van der Waals surface area contributed by atoms with Gasteiger partial charge in [-0.3, -0.25) is 14.8 Å². The van der Waals surface area contributed by atoms with Gasteiger partial charge in [0, 0.05) is 50.3 Å². The number of amides is 1. The van der Waals surface area contributed by atoms with E-state index in [1.165, 1.54) is 14.1 Å². The molecule has 138 valence electrons. The molecule has 1 aliphatic rings. The summed E-state index contributed by atoms with van der Waals surface area (Å²) in [6.07, 6.45) is 5.54. The molecule has 0 saturated carbocycles. The molecular weight excluding hydrogens is 364 g/mol. The van der Waals surface area contributed by atoms with E-state index in [1.54, 1.807) is 53.8 Å². The Hall–Kier alpha value is -2.84. The van der Waals surface area contributed by atoms with E-state index in [0.717, 1.165) is 9.87 Å². The van der Waals surface area contributed by atoms with Gasteiger partial charge in [-0.1, -0.05) is 6.07 Å². The minimum absolute atomic E-state index is 0.173. The van der Waals surface area contributed by atoms with Crippen molar-refractivity contribution in [3.63, 3.8) is 0 Å². The van der Waals surface area contributed by atoms with Crippen molar-refractivity contribution in [1.29, 1.82) is 0 Å². The van der Waals surface area contributed by atoms with Crippen LogP contribution in [0.2, 0.25) is 0 Å². The lowest BCUT2D eigenvalue weighted by Crippen LogP contribution is -2.29. The lowest BCUT2D eigenvalue weighted by atomic mass is 10.1. The molecule has 0 radical (unpaired) electrons. The molecule has 0 saturated heterocycles. The Labute approximate surface area is 157 Å². The van der Waals surface area contributed by atoms with Crippen LogP contribution in [0.25, 0.3) is 10.9 Å². The maximum Gasteiger partial charge on any atom is 0.259 e. The van der Waals surface area contributed by atoms with Gasteiger partial charge in [-0.25, -0.2) is 12.7 Å². The van der Waals surface area contributed by atoms with Gasteiger partial charge in [0.15, 0.2) is 0 Å². The van der Waals surface area contributed by atoms with Gasteiger partial charge in [0.05, 0.1) is 16.0 Å². The van der Waals surface area contributed by atoms with E-state index in [2.05, 4.69) is 9.97 Å². The second-order valence-corrected chi connectivity index (χ2v) is 8.69. The summed E-state index contributed by atoms with van der Waals surface area (Å²) in [6.45, 7) is 0.504. The Morgan fingerprint density at radius 2 is 1.96 bits per heavy atom. The number of carbonyl (C=O) groups is 1. The van der Waals surface area contributed by atoms with Crippen molar-refractivity contribution in [2.75, 3.05) is 25.5 Å². The Morgan fingerprint density at radius 1 is 1.15 bits per heavy atom. The quantitative estimate of drug-likeness (QED) is 0.693. The van der Waals surface area contributed by atoms with Gasteiger partial charge in [0.1, 0.15) is 0 Å². The SMILES string of the molecule is CN(C)S(=O)(=O)c1ccc2c(c1)N(C(=O)c1ccnc3ccncc13)CC2. The van der Waals surface area contributed by atoms with Crippen LogP contribution in [0.5, 0.6) is 0 Å². The third-order valence-corrected chi connectivity index (χ3v) is 6.56. The molecule has 1 amide bonds. The summed E-state index contributed by atoms with van der Waals surface area (Å²) in [5.41, 5.74) is 2.79. The fourth-order valence-electron chi connectivity index (χ4n) is 3.26. The third-order valence-electron chi connectivity index (χ3n) is 4.75. The molecular formula is C19H18N4O3S. The fraction of sp³-hybridized carbons (Fsp3) is 0.211. The smallest absolute Gasteiger partial charge is 0.259 e. The number of hydrogen-bond acceptors (Lipinski definition) is 5. The second-order valence-electron chi connectivity index (χ2n) is 6.54. The largest absolute Gasteiger partial charge is 0.308 e. The van der Waals surface area contributed by atoms with E-state index in [9.17, 15) is 13.2 Å². The average Bonchev–Trinajstić information content (AvgIpc) is 3.10. The number of fused-ring (bicyclic) bond motifs is 2. The van der Waals surface area contributed by atoms with Crippen LogP contribution >= 0.6 is 0 Å². The molecule has 1 aromatic carbocycles. The number of rotatable bonds is 3. The molecule has 0 aliphatic carbocycles. The highest BCUT2D eigenvalue weighted by molar-refractivity contribution is 7.89. The number of hydrogen-bond donors (Lipinski definition) is 0. The maximum atomic E-state index is 13.2. The molecule has 4 rings (SSSR count). The summed E-state index contributed by atoms with van der Waals surface area (Å²) >= 11 is 0. The standard InChI is InChI=1S/C19H18N4O3S/c1-22(2)27(25,26)14-4-3-13-7-10-23(18(13)11-14)19(24)15-5-9-21-17-6-8-20-12-16(15)17/h3-6,8-9,11-12H,7,10H2,1-2H3. The van der Waals surface area contributed by atoms with Crippen molar-refractivity contribution in [3.05, 3.63) is 60.0 Å². The minimum atomic E-state index is -3.57. The van der Waals surface area contributed by atoms with Crippen LogP contribution < -0.4 is 4.90 Å². The van der Waals surface area contributed by atoms with E-state index in [4.69, 9.17) is 0 Å². The normalized spacial score (nSPS) is 14.0. The van der Waals surface area contributed by atoms with Crippen LogP contribution in [0.15, 0.2) is 53.8 Å². The number of anilines is 1. The highest BCUT2D eigenvalue weighted by Gasteiger charge is 2.29. The van der Waals surface area contributed by atoms with Crippen LogP contribution in [0, 0.1) is 0 Å². The van der Waals surface area contributed by atoms with E-state index >= 15 is 0 Å². The molecule has 2 aromatic heterocycles. The Morgan fingerprint density at radius 3 is 2.74 bits per heavy atom. The Balaban J connectivity index is 1.79. The number of carbonyl (C=O) groups excluding carboxylic acids is 1. The highest BCUT2D eigenvalue weighted by Crippen LogP contribution is 2.33. The molecule has 0 fully saturated rings. The zero-order valence-corrected chi connectivity index (χ0v) is 15.8. The lowest BCUT2D eigenvalue weighted by Gasteiger charge is -2.19. The summed E-state index contributed by atoms with van der Waals surface area (Å²) in [4.78, 5) is 23.4. The molecule has 0 N–H and O–H groups in total. The molecule has 1 aliphatic heterocycles. The van der Waals surface area contributed by atoms with Crippen molar-refractivity contribution in [2.24, 2.45) is 0 Å². The summed E-state index contributed by atoms with van der Waals surface area (Å²) in [5.74, 6) is -0.187. The van der Waals surface area contributed by atoms with Gasteiger partial charge < -0.3 is 4.90 Å².